The van der Waals surface area contributed by atoms with Gasteiger partial charge in [0, 0.05) is 7.05 Å². The minimum absolute atomic E-state index is 0.137. The van der Waals surface area contributed by atoms with Crippen LogP contribution in [0.4, 0.5) is 13.2 Å². The molecule has 2 rings (SSSR count). The van der Waals surface area contributed by atoms with Crippen LogP contribution in [-0.2, 0) is 19.8 Å². The Balaban J connectivity index is 2.09. The maximum absolute atomic E-state index is 12.5. The summed E-state index contributed by atoms with van der Waals surface area (Å²) in [5, 5.41) is 7.86. The predicted octanol–water partition coefficient (Wildman–Crippen LogP) is 3.18. The van der Waals surface area contributed by atoms with Crippen LogP contribution in [0, 0.1) is 0 Å². The van der Waals surface area contributed by atoms with Crippen LogP contribution in [0.1, 0.15) is 11.3 Å². The van der Waals surface area contributed by atoms with Gasteiger partial charge in [-0.3, -0.25) is 0 Å². The van der Waals surface area contributed by atoms with Gasteiger partial charge in [-0.05, 0) is 34.1 Å². The van der Waals surface area contributed by atoms with E-state index in [9.17, 15) is 13.2 Å². The Hall–Kier alpha value is -1.57. The molecule has 0 spiro atoms. The molecule has 8 heteroatoms. The fourth-order valence-electron chi connectivity index (χ4n) is 1.40. The van der Waals surface area contributed by atoms with Gasteiger partial charge in [-0.1, -0.05) is 0 Å². The maximum atomic E-state index is 12.5. The summed E-state index contributed by atoms with van der Waals surface area (Å²) in [5.41, 5.74) is -0.138. The van der Waals surface area contributed by atoms with Gasteiger partial charge in [0.05, 0.1) is 16.2 Å². The zero-order valence-electron chi connectivity index (χ0n) is 9.78. The highest BCUT2D eigenvalue weighted by Gasteiger charge is 2.30. The number of benzene rings is 1. The first-order valence-corrected chi connectivity index (χ1v) is 6.00. The standard InChI is InChI=1S/C11H9BrF3N3O/c1-18-16-5-8(17-18)6-19-10-3-2-7(4-9(10)12)11(13,14)15/h2-5H,6H2,1H3. The van der Waals surface area contributed by atoms with Gasteiger partial charge in [0.2, 0.25) is 0 Å². The molecule has 102 valence electrons. The summed E-state index contributed by atoms with van der Waals surface area (Å²) in [6, 6.07) is 3.21. The van der Waals surface area contributed by atoms with E-state index in [1.165, 1.54) is 17.1 Å². The number of halogens is 4. The fraction of sp³-hybridized carbons (Fsp3) is 0.273. The van der Waals surface area contributed by atoms with Crippen LogP contribution in [0.25, 0.3) is 0 Å². The summed E-state index contributed by atoms with van der Waals surface area (Å²) in [6.45, 7) is 0.137. The van der Waals surface area contributed by atoms with E-state index in [4.69, 9.17) is 4.74 Å². The largest absolute Gasteiger partial charge is 0.486 e. The lowest BCUT2D eigenvalue weighted by Gasteiger charge is -2.10. The summed E-state index contributed by atoms with van der Waals surface area (Å²) < 4.78 is 43.0. The molecule has 0 fully saturated rings. The van der Waals surface area contributed by atoms with E-state index in [1.54, 1.807) is 7.05 Å². The molecule has 0 aliphatic rings. The van der Waals surface area contributed by atoms with Crippen LogP contribution >= 0.6 is 15.9 Å². The third-order valence-corrected chi connectivity index (χ3v) is 2.90. The van der Waals surface area contributed by atoms with E-state index in [0.29, 0.717) is 11.4 Å². The first-order chi connectivity index (χ1) is 8.86. The Morgan fingerprint density at radius 3 is 2.63 bits per heavy atom. The molecule has 4 nitrogen and oxygen atoms in total. The minimum Gasteiger partial charge on any atom is -0.486 e. The van der Waals surface area contributed by atoms with Gasteiger partial charge in [0.25, 0.3) is 0 Å². The molecule has 1 heterocycles. The van der Waals surface area contributed by atoms with E-state index in [1.807, 2.05) is 0 Å². The van der Waals surface area contributed by atoms with Crippen molar-refractivity contribution in [1.29, 1.82) is 0 Å². The molecule has 0 amide bonds. The summed E-state index contributed by atoms with van der Waals surface area (Å²) in [5.74, 6) is 0.318. The molecule has 0 aliphatic heterocycles. The number of nitrogens with zero attached hydrogens (tertiary/aromatic N) is 3. The van der Waals surface area contributed by atoms with Gasteiger partial charge in [0.15, 0.2) is 0 Å². The summed E-state index contributed by atoms with van der Waals surface area (Å²) in [4.78, 5) is 1.38. The first kappa shape index (κ1) is 13.9. The zero-order chi connectivity index (χ0) is 14.0. The molecule has 0 atom stereocenters. The molecular formula is C11H9BrF3N3O. The van der Waals surface area contributed by atoms with Gasteiger partial charge in [-0.25, -0.2) is 0 Å². The highest BCUT2D eigenvalue weighted by atomic mass is 79.9. The molecule has 0 N–H and O–H groups in total. The van der Waals surface area contributed by atoms with Gasteiger partial charge >= 0.3 is 6.18 Å². The third-order valence-electron chi connectivity index (χ3n) is 2.28. The highest BCUT2D eigenvalue weighted by Crippen LogP contribution is 2.35. The number of hydrogen-bond acceptors (Lipinski definition) is 3. The van der Waals surface area contributed by atoms with E-state index in [2.05, 4.69) is 26.1 Å². The second-order valence-corrected chi connectivity index (χ2v) is 4.61. The predicted molar refractivity (Wildman–Crippen MR) is 64.5 cm³/mol. The molecule has 0 saturated heterocycles. The van der Waals surface area contributed by atoms with Crippen molar-refractivity contribution in [3.05, 3.63) is 40.1 Å². The average molecular weight is 336 g/mol. The van der Waals surface area contributed by atoms with E-state index in [-0.39, 0.29) is 11.1 Å². The van der Waals surface area contributed by atoms with Crippen molar-refractivity contribution >= 4 is 15.9 Å². The lowest BCUT2D eigenvalue weighted by atomic mass is 10.2. The molecule has 19 heavy (non-hydrogen) atoms. The van der Waals surface area contributed by atoms with Gasteiger partial charge in [-0.2, -0.15) is 28.2 Å². The van der Waals surface area contributed by atoms with Crippen LogP contribution in [0.5, 0.6) is 5.75 Å². The molecule has 0 bridgehead atoms. The smallest absolute Gasteiger partial charge is 0.416 e. The first-order valence-electron chi connectivity index (χ1n) is 5.21. The van der Waals surface area contributed by atoms with Crippen molar-refractivity contribution in [3.8, 4) is 5.75 Å². The van der Waals surface area contributed by atoms with Crippen LogP contribution in [-0.4, -0.2) is 15.0 Å². The molecule has 1 aromatic heterocycles. The van der Waals surface area contributed by atoms with Crippen molar-refractivity contribution in [1.82, 2.24) is 15.0 Å². The normalized spacial score (nSPS) is 11.6. The Bertz CT molecular complexity index is 583. The topological polar surface area (TPSA) is 39.9 Å². The van der Waals surface area contributed by atoms with Crippen molar-refractivity contribution in [2.75, 3.05) is 0 Å². The second-order valence-electron chi connectivity index (χ2n) is 3.76. The molecule has 0 unspecified atom stereocenters. The number of rotatable bonds is 3. The van der Waals surface area contributed by atoms with Crippen molar-refractivity contribution in [3.63, 3.8) is 0 Å². The lowest BCUT2D eigenvalue weighted by Crippen LogP contribution is -2.05. The van der Waals surface area contributed by atoms with Crippen LogP contribution in [0.3, 0.4) is 0 Å². The molecular weight excluding hydrogens is 327 g/mol. The van der Waals surface area contributed by atoms with Crippen molar-refractivity contribution in [2.24, 2.45) is 7.05 Å². The molecule has 0 radical (unpaired) electrons. The van der Waals surface area contributed by atoms with Crippen molar-refractivity contribution in [2.45, 2.75) is 12.8 Å². The van der Waals surface area contributed by atoms with Crippen LogP contribution in [0.2, 0.25) is 0 Å². The third kappa shape index (κ3) is 3.46. The number of aromatic nitrogens is 3. The quantitative estimate of drug-likeness (QED) is 0.864. The Morgan fingerprint density at radius 2 is 2.11 bits per heavy atom. The van der Waals surface area contributed by atoms with Gasteiger partial charge in [-0.15, -0.1) is 0 Å². The fourth-order valence-corrected chi connectivity index (χ4v) is 1.89. The Morgan fingerprint density at radius 1 is 1.37 bits per heavy atom. The molecule has 2 aromatic rings. The average Bonchev–Trinajstić information content (AvgIpc) is 2.72. The summed E-state index contributed by atoms with van der Waals surface area (Å²) in [6.07, 6.45) is -2.84. The summed E-state index contributed by atoms with van der Waals surface area (Å²) in [7, 11) is 1.66. The monoisotopic (exact) mass is 335 g/mol. The van der Waals surface area contributed by atoms with Gasteiger partial charge in [0.1, 0.15) is 18.1 Å². The SMILES string of the molecule is Cn1ncc(COc2ccc(C(F)(F)F)cc2Br)n1. The number of ether oxygens (including phenoxy) is 1. The van der Waals surface area contributed by atoms with E-state index in [0.717, 1.165) is 12.1 Å². The number of alkyl halides is 3. The van der Waals surface area contributed by atoms with E-state index < -0.39 is 11.7 Å². The Kier molecular flexibility index (Phi) is 3.79. The highest BCUT2D eigenvalue weighted by molar-refractivity contribution is 9.10. The minimum atomic E-state index is -4.37. The maximum Gasteiger partial charge on any atom is 0.416 e. The second kappa shape index (κ2) is 5.20. The molecule has 1 aromatic carbocycles. The number of hydrogen-bond donors (Lipinski definition) is 0. The Labute approximate surface area is 115 Å². The lowest BCUT2D eigenvalue weighted by molar-refractivity contribution is -0.137. The zero-order valence-corrected chi connectivity index (χ0v) is 11.4. The molecule has 0 saturated carbocycles. The van der Waals surface area contributed by atoms with Crippen LogP contribution in [0.15, 0.2) is 28.9 Å². The van der Waals surface area contributed by atoms with Crippen LogP contribution < -0.4 is 4.74 Å². The van der Waals surface area contributed by atoms with Crippen molar-refractivity contribution < 1.29 is 17.9 Å². The number of aryl methyl sites for hydroxylation is 1. The molecule has 0 aliphatic carbocycles. The van der Waals surface area contributed by atoms with E-state index >= 15 is 0 Å². The summed E-state index contributed by atoms with van der Waals surface area (Å²) >= 11 is 3.05. The van der Waals surface area contributed by atoms with Gasteiger partial charge < -0.3 is 4.74 Å².